The molecule has 8 heteroatoms. The maximum atomic E-state index is 13.2. The quantitative estimate of drug-likeness (QED) is 0.674. The van der Waals surface area contributed by atoms with E-state index in [0.29, 0.717) is 21.3 Å². The average molecular weight is 440 g/mol. The van der Waals surface area contributed by atoms with Crippen LogP contribution < -0.4 is 10.6 Å². The van der Waals surface area contributed by atoms with Crippen molar-refractivity contribution in [3.8, 4) is 5.75 Å². The van der Waals surface area contributed by atoms with Crippen molar-refractivity contribution in [1.29, 1.82) is 0 Å². The molecular formula is C18H13BrClFN2O3. The van der Waals surface area contributed by atoms with E-state index in [1.54, 1.807) is 12.1 Å². The van der Waals surface area contributed by atoms with Gasteiger partial charge >= 0.3 is 0 Å². The minimum absolute atomic E-state index is 0.0674. The van der Waals surface area contributed by atoms with E-state index < -0.39 is 17.6 Å². The first-order chi connectivity index (χ1) is 12.3. The molecule has 26 heavy (non-hydrogen) atoms. The molecule has 5 nitrogen and oxygen atoms in total. The van der Waals surface area contributed by atoms with Gasteiger partial charge in [0, 0.05) is 34.7 Å². The summed E-state index contributed by atoms with van der Waals surface area (Å²) in [6.07, 6.45) is 1.41. The second-order valence-electron chi connectivity index (χ2n) is 5.71. The van der Waals surface area contributed by atoms with Gasteiger partial charge in [-0.1, -0.05) is 23.7 Å². The van der Waals surface area contributed by atoms with Crippen molar-refractivity contribution in [2.75, 3.05) is 5.32 Å². The molecule has 1 aliphatic heterocycles. The van der Waals surface area contributed by atoms with Crippen LogP contribution >= 0.6 is 27.5 Å². The number of anilines is 1. The highest BCUT2D eigenvalue weighted by atomic mass is 79.9. The zero-order valence-corrected chi connectivity index (χ0v) is 15.6. The van der Waals surface area contributed by atoms with Crippen molar-refractivity contribution in [2.45, 2.75) is 12.3 Å². The molecule has 0 spiro atoms. The molecule has 0 aliphatic carbocycles. The topological polar surface area (TPSA) is 78.4 Å². The van der Waals surface area contributed by atoms with Gasteiger partial charge in [0.2, 0.25) is 5.91 Å². The number of carbonyl (C=O) groups is 2. The van der Waals surface area contributed by atoms with Crippen LogP contribution in [0.4, 0.5) is 10.1 Å². The number of carbonyl (C=O) groups excluding carboxylic acids is 2. The number of phenolic OH excluding ortho intramolecular Hbond substituents is 1. The van der Waals surface area contributed by atoms with Crippen molar-refractivity contribution in [2.24, 2.45) is 0 Å². The van der Waals surface area contributed by atoms with E-state index in [-0.39, 0.29) is 23.1 Å². The minimum Gasteiger partial charge on any atom is -0.506 e. The van der Waals surface area contributed by atoms with Gasteiger partial charge in [-0.05, 0) is 39.7 Å². The zero-order valence-electron chi connectivity index (χ0n) is 13.2. The average Bonchev–Trinajstić information content (AvgIpc) is 2.60. The third-order valence-electron chi connectivity index (χ3n) is 3.97. The predicted octanol–water partition coefficient (Wildman–Crippen LogP) is 4.07. The Labute approximate surface area is 162 Å². The van der Waals surface area contributed by atoms with Gasteiger partial charge in [-0.15, -0.1) is 0 Å². The first-order valence-corrected chi connectivity index (χ1v) is 8.76. The Balaban J connectivity index is 1.90. The van der Waals surface area contributed by atoms with Crippen LogP contribution in [0.5, 0.6) is 5.75 Å². The molecule has 3 N–H and O–H groups in total. The maximum Gasteiger partial charge on any atom is 0.253 e. The SMILES string of the molecule is O=C1C[C@@H](c2ccc(F)cc2)C(C(=O)Nc2cc(O)c(Cl)cc2Br)=CN1. The Morgan fingerprint density at radius 2 is 2.00 bits per heavy atom. The van der Waals surface area contributed by atoms with E-state index in [0.717, 1.165) is 0 Å². The van der Waals surface area contributed by atoms with E-state index in [1.165, 1.54) is 30.5 Å². The maximum absolute atomic E-state index is 13.2. The van der Waals surface area contributed by atoms with E-state index in [1.807, 2.05) is 0 Å². The Bertz CT molecular complexity index is 915. The van der Waals surface area contributed by atoms with Gasteiger partial charge in [0.05, 0.1) is 10.7 Å². The van der Waals surface area contributed by atoms with E-state index >= 15 is 0 Å². The standard InChI is InChI=1S/C18H13BrClFN2O3/c19-13-6-14(20)16(24)7-15(13)23-18(26)12-8-22-17(25)5-11(12)9-1-3-10(21)4-2-9/h1-4,6-8,11,24H,5H2,(H,22,25)(H,23,26)/t11-/m0/s1. The molecule has 0 bridgehead atoms. The van der Waals surface area contributed by atoms with Gasteiger partial charge < -0.3 is 15.7 Å². The summed E-state index contributed by atoms with van der Waals surface area (Å²) >= 11 is 9.09. The van der Waals surface area contributed by atoms with Gasteiger partial charge in [0.25, 0.3) is 5.91 Å². The van der Waals surface area contributed by atoms with Crippen molar-refractivity contribution in [1.82, 2.24) is 5.32 Å². The summed E-state index contributed by atoms with van der Waals surface area (Å²) in [6, 6.07) is 8.43. The second kappa shape index (κ2) is 7.47. The molecule has 0 aromatic heterocycles. The number of halogens is 3. The molecule has 0 saturated heterocycles. The normalized spacial score (nSPS) is 16.7. The van der Waals surface area contributed by atoms with E-state index in [2.05, 4.69) is 26.6 Å². The van der Waals surface area contributed by atoms with Crippen LogP contribution in [0.25, 0.3) is 0 Å². The van der Waals surface area contributed by atoms with Gasteiger partial charge in [0.1, 0.15) is 11.6 Å². The highest BCUT2D eigenvalue weighted by Gasteiger charge is 2.29. The summed E-state index contributed by atoms with van der Waals surface area (Å²) in [5.74, 6) is -1.78. The molecule has 2 aromatic carbocycles. The number of benzene rings is 2. The highest BCUT2D eigenvalue weighted by Crippen LogP contribution is 2.35. The van der Waals surface area contributed by atoms with Crippen LogP contribution in [0.3, 0.4) is 0 Å². The van der Waals surface area contributed by atoms with Gasteiger partial charge in [0.15, 0.2) is 0 Å². The third-order valence-corrected chi connectivity index (χ3v) is 4.93. The van der Waals surface area contributed by atoms with Crippen LogP contribution in [0.1, 0.15) is 17.9 Å². The lowest BCUT2D eigenvalue weighted by Crippen LogP contribution is -2.32. The summed E-state index contributed by atoms with van der Waals surface area (Å²) in [4.78, 5) is 24.5. The first kappa shape index (κ1) is 18.4. The summed E-state index contributed by atoms with van der Waals surface area (Å²) in [5.41, 5.74) is 1.30. The number of amides is 2. The fourth-order valence-electron chi connectivity index (χ4n) is 2.66. The molecule has 2 amide bonds. The first-order valence-electron chi connectivity index (χ1n) is 7.59. The molecule has 0 saturated carbocycles. The van der Waals surface area contributed by atoms with E-state index in [4.69, 9.17) is 11.6 Å². The fraction of sp³-hybridized carbons (Fsp3) is 0.111. The molecular weight excluding hydrogens is 427 g/mol. The third kappa shape index (κ3) is 3.89. The molecule has 0 radical (unpaired) electrons. The van der Waals surface area contributed by atoms with Crippen molar-refractivity contribution in [3.63, 3.8) is 0 Å². The second-order valence-corrected chi connectivity index (χ2v) is 6.97. The molecule has 2 aromatic rings. The lowest BCUT2D eigenvalue weighted by atomic mass is 9.86. The summed E-state index contributed by atoms with van der Waals surface area (Å²) in [5, 5.41) is 15.1. The molecule has 3 rings (SSSR count). The predicted molar refractivity (Wildman–Crippen MR) is 99.4 cm³/mol. The Morgan fingerprint density at radius 3 is 2.69 bits per heavy atom. The van der Waals surface area contributed by atoms with Crippen molar-refractivity contribution in [3.05, 3.63) is 69.0 Å². The van der Waals surface area contributed by atoms with Crippen LogP contribution in [0, 0.1) is 5.82 Å². The highest BCUT2D eigenvalue weighted by molar-refractivity contribution is 9.10. The summed E-state index contributed by atoms with van der Waals surface area (Å²) < 4.78 is 13.7. The number of hydrogen-bond acceptors (Lipinski definition) is 3. The number of aromatic hydroxyl groups is 1. The zero-order chi connectivity index (χ0) is 18.8. The smallest absolute Gasteiger partial charge is 0.253 e. The number of phenols is 1. The molecule has 1 atom stereocenters. The summed E-state index contributed by atoms with van der Waals surface area (Å²) in [7, 11) is 0. The Hall–Kier alpha value is -2.38. The van der Waals surface area contributed by atoms with Gasteiger partial charge in [-0.2, -0.15) is 0 Å². The van der Waals surface area contributed by atoms with Gasteiger partial charge in [-0.3, -0.25) is 9.59 Å². The molecule has 0 fully saturated rings. The fourth-order valence-corrected chi connectivity index (χ4v) is 3.40. The van der Waals surface area contributed by atoms with Crippen LogP contribution in [-0.2, 0) is 9.59 Å². The molecule has 1 aliphatic rings. The van der Waals surface area contributed by atoms with Crippen LogP contribution in [0.15, 0.2) is 52.6 Å². The van der Waals surface area contributed by atoms with Crippen molar-refractivity contribution < 1.29 is 19.1 Å². The lowest BCUT2D eigenvalue weighted by molar-refractivity contribution is -0.121. The largest absolute Gasteiger partial charge is 0.506 e. The molecule has 0 unspecified atom stereocenters. The summed E-state index contributed by atoms with van der Waals surface area (Å²) in [6.45, 7) is 0. The van der Waals surface area contributed by atoms with Gasteiger partial charge in [-0.25, -0.2) is 4.39 Å². The number of hydrogen-bond donors (Lipinski definition) is 3. The van der Waals surface area contributed by atoms with Crippen molar-refractivity contribution >= 4 is 45.0 Å². The number of nitrogens with one attached hydrogen (secondary N) is 2. The van der Waals surface area contributed by atoms with E-state index in [9.17, 15) is 19.1 Å². The Morgan fingerprint density at radius 1 is 1.31 bits per heavy atom. The molecule has 1 heterocycles. The monoisotopic (exact) mass is 438 g/mol. The minimum atomic E-state index is -0.510. The lowest BCUT2D eigenvalue weighted by Gasteiger charge is -2.24. The number of rotatable bonds is 3. The van der Waals surface area contributed by atoms with Crippen LogP contribution in [-0.4, -0.2) is 16.9 Å². The van der Waals surface area contributed by atoms with Crippen LogP contribution in [0.2, 0.25) is 5.02 Å². The molecule has 134 valence electrons. The Kier molecular flexibility index (Phi) is 5.29.